The first-order valence-corrected chi connectivity index (χ1v) is 10.1. The number of carboxylic acids is 1. The summed E-state index contributed by atoms with van der Waals surface area (Å²) in [6.45, 7) is 0.750. The van der Waals surface area contributed by atoms with Gasteiger partial charge in [-0.25, -0.2) is 9.97 Å². The van der Waals surface area contributed by atoms with Gasteiger partial charge in [-0.3, -0.25) is 14.9 Å². The molecule has 10 nitrogen and oxygen atoms in total. The Bertz CT molecular complexity index is 1100. The van der Waals surface area contributed by atoms with E-state index in [1.54, 1.807) is 29.2 Å². The molecule has 0 atom stereocenters. The Morgan fingerprint density at radius 2 is 1.72 bits per heavy atom. The van der Waals surface area contributed by atoms with Crippen LogP contribution in [-0.4, -0.2) is 39.1 Å². The second-order valence-corrected chi connectivity index (χ2v) is 7.32. The molecule has 0 radical (unpaired) electrons. The number of para-hydroxylation sites is 1. The molecule has 0 aliphatic carbocycles. The monoisotopic (exact) mass is 435 g/mol. The van der Waals surface area contributed by atoms with E-state index in [4.69, 9.17) is 4.74 Å². The van der Waals surface area contributed by atoms with E-state index in [-0.39, 0.29) is 17.3 Å². The van der Waals surface area contributed by atoms with E-state index >= 15 is 0 Å². The fourth-order valence-corrected chi connectivity index (χ4v) is 3.57. The summed E-state index contributed by atoms with van der Waals surface area (Å²) in [5.74, 6) is 0.291. The smallest absolute Gasteiger partial charge is 0.353 e. The van der Waals surface area contributed by atoms with Gasteiger partial charge in [0.25, 0.3) is 0 Å². The highest BCUT2D eigenvalue weighted by Crippen LogP contribution is 2.35. The molecule has 10 heteroatoms. The van der Waals surface area contributed by atoms with Gasteiger partial charge in [0, 0.05) is 18.8 Å². The molecule has 3 aromatic rings. The summed E-state index contributed by atoms with van der Waals surface area (Å²) < 4.78 is 5.76. The lowest BCUT2D eigenvalue weighted by Crippen LogP contribution is -2.37. The number of piperidine rings is 1. The van der Waals surface area contributed by atoms with E-state index < -0.39 is 16.8 Å². The van der Waals surface area contributed by atoms with Crippen LogP contribution >= 0.6 is 0 Å². The van der Waals surface area contributed by atoms with Gasteiger partial charge in [0.15, 0.2) is 0 Å². The largest absolute Gasteiger partial charge is 0.481 e. The molecule has 1 fully saturated rings. The Labute approximate surface area is 183 Å². The van der Waals surface area contributed by atoms with Gasteiger partial charge in [-0.05, 0) is 49.2 Å². The molecule has 2 aromatic carbocycles. The fourth-order valence-electron chi connectivity index (χ4n) is 3.57. The number of nitrogens with zero attached hydrogens (tertiary/aromatic N) is 4. The highest BCUT2D eigenvalue weighted by atomic mass is 16.6. The molecule has 0 saturated carbocycles. The van der Waals surface area contributed by atoms with E-state index in [1.165, 1.54) is 6.33 Å². The van der Waals surface area contributed by atoms with E-state index in [0.717, 1.165) is 0 Å². The number of carboxylic acid groups (broad SMARTS) is 1. The molecular formula is C22H21N5O5. The maximum absolute atomic E-state index is 11.9. The zero-order valence-corrected chi connectivity index (χ0v) is 17.0. The molecule has 2 N–H and O–H groups in total. The number of hydrogen-bond donors (Lipinski definition) is 2. The van der Waals surface area contributed by atoms with Gasteiger partial charge in [0.05, 0.1) is 10.8 Å². The predicted octanol–water partition coefficient (Wildman–Crippen LogP) is 4.22. The average Bonchev–Trinajstić information content (AvgIpc) is 2.81. The van der Waals surface area contributed by atoms with Gasteiger partial charge in [-0.15, -0.1) is 0 Å². The van der Waals surface area contributed by atoms with Crippen LogP contribution in [0.15, 0.2) is 60.9 Å². The molecular weight excluding hydrogens is 414 g/mol. The van der Waals surface area contributed by atoms with Crippen molar-refractivity contribution < 1.29 is 19.6 Å². The Kier molecular flexibility index (Phi) is 6.11. The number of anilines is 3. The van der Waals surface area contributed by atoms with Crippen LogP contribution in [0.1, 0.15) is 12.8 Å². The summed E-state index contributed by atoms with van der Waals surface area (Å²) in [7, 11) is 0. The normalized spacial score (nSPS) is 14.1. The Balaban J connectivity index is 1.52. The van der Waals surface area contributed by atoms with Gasteiger partial charge in [0.1, 0.15) is 17.8 Å². The third-order valence-corrected chi connectivity index (χ3v) is 5.23. The Hall–Kier alpha value is -4.21. The zero-order chi connectivity index (χ0) is 22.5. The first-order valence-electron chi connectivity index (χ1n) is 10.1. The average molecular weight is 435 g/mol. The van der Waals surface area contributed by atoms with Gasteiger partial charge in [-0.2, -0.15) is 0 Å². The number of benzene rings is 2. The SMILES string of the molecule is O=C(O)C1CCN(c2ncnc(Nc3ccc(Oc4ccccc4)cc3)c2[N+](=O)[O-])CC1. The van der Waals surface area contributed by atoms with Crippen molar-refractivity contribution in [1.82, 2.24) is 9.97 Å². The zero-order valence-electron chi connectivity index (χ0n) is 17.0. The lowest BCUT2D eigenvalue weighted by Gasteiger charge is -2.30. The van der Waals surface area contributed by atoms with Crippen molar-refractivity contribution in [2.75, 3.05) is 23.3 Å². The van der Waals surface area contributed by atoms with Crippen LogP contribution < -0.4 is 15.0 Å². The van der Waals surface area contributed by atoms with Crippen molar-refractivity contribution in [3.05, 3.63) is 71.0 Å². The number of ether oxygens (including phenoxy) is 1. The van der Waals surface area contributed by atoms with E-state index in [0.29, 0.717) is 43.1 Å². The fraction of sp³-hybridized carbons (Fsp3) is 0.227. The van der Waals surface area contributed by atoms with Crippen molar-refractivity contribution in [3.63, 3.8) is 0 Å². The van der Waals surface area contributed by atoms with E-state index in [1.807, 2.05) is 30.3 Å². The number of carbonyl (C=O) groups is 1. The molecule has 1 aromatic heterocycles. The van der Waals surface area contributed by atoms with Crippen molar-refractivity contribution in [1.29, 1.82) is 0 Å². The second kappa shape index (κ2) is 9.29. The molecule has 2 heterocycles. The first-order chi connectivity index (χ1) is 15.5. The topological polar surface area (TPSA) is 131 Å². The minimum Gasteiger partial charge on any atom is -0.481 e. The summed E-state index contributed by atoms with van der Waals surface area (Å²) in [6.07, 6.45) is 2.07. The van der Waals surface area contributed by atoms with Crippen LogP contribution in [0.4, 0.5) is 23.0 Å². The summed E-state index contributed by atoms with van der Waals surface area (Å²) in [5, 5.41) is 24.0. The summed E-state index contributed by atoms with van der Waals surface area (Å²) >= 11 is 0. The van der Waals surface area contributed by atoms with Gasteiger partial charge in [-0.1, -0.05) is 18.2 Å². The molecule has 1 saturated heterocycles. The summed E-state index contributed by atoms with van der Waals surface area (Å²) in [5.41, 5.74) is 0.355. The maximum Gasteiger partial charge on any atom is 0.353 e. The number of hydrogen-bond acceptors (Lipinski definition) is 8. The molecule has 32 heavy (non-hydrogen) atoms. The lowest BCUT2D eigenvalue weighted by atomic mass is 9.97. The number of aliphatic carboxylic acids is 1. The second-order valence-electron chi connectivity index (χ2n) is 7.32. The standard InChI is InChI=1S/C22H21N5O5/c28-22(29)15-10-12-26(13-11-15)21-19(27(30)31)20(23-14-24-21)25-16-6-8-18(9-7-16)32-17-4-2-1-3-5-17/h1-9,14-15H,10-13H2,(H,28,29)(H,23,24,25). The Morgan fingerprint density at radius 1 is 1.06 bits per heavy atom. The molecule has 1 aliphatic heterocycles. The van der Waals surface area contributed by atoms with E-state index in [2.05, 4.69) is 15.3 Å². The van der Waals surface area contributed by atoms with Crippen molar-refractivity contribution in [2.45, 2.75) is 12.8 Å². The molecule has 0 amide bonds. The van der Waals surface area contributed by atoms with Gasteiger partial charge >= 0.3 is 11.7 Å². The van der Waals surface area contributed by atoms with Crippen molar-refractivity contribution >= 4 is 29.0 Å². The highest BCUT2D eigenvalue weighted by molar-refractivity contribution is 5.75. The van der Waals surface area contributed by atoms with Gasteiger partial charge < -0.3 is 20.1 Å². The van der Waals surface area contributed by atoms with Gasteiger partial charge in [0.2, 0.25) is 11.6 Å². The minimum atomic E-state index is -0.844. The molecule has 4 rings (SSSR count). The number of nitrogens with one attached hydrogen (secondary N) is 1. The maximum atomic E-state index is 11.9. The van der Waals surface area contributed by atoms with E-state index in [9.17, 15) is 20.0 Å². The summed E-state index contributed by atoms with van der Waals surface area (Å²) in [6, 6.07) is 16.3. The van der Waals surface area contributed by atoms with Crippen LogP contribution in [-0.2, 0) is 4.79 Å². The first kappa shape index (κ1) is 21.0. The lowest BCUT2D eigenvalue weighted by molar-refractivity contribution is -0.383. The highest BCUT2D eigenvalue weighted by Gasteiger charge is 2.31. The third-order valence-electron chi connectivity index (χ3n) is 5.23. The third kappa shape index (κ3) is 4.75. The van der Waals surface area contributed by atoms with Crippen LogP contribution in [0.3, 0.4) is 0 Å². The molecule has 0 bridgehead atoms. The molecule has 0 unspecified atom stereocenters. The molecule has 0 spiro atoms. The van der Waals surface area contributed by atoms with Crippen molar-refractivity contribution in [3.8, 4) is 11.5 Å². The minimum absolute atomic E-state index is 0.0667. The van der Waals surface area contributed by atoms with Crippen LogP contribution in [0.5, 0.6) is 11.5 Å². The molecule has 1 aliphatic rings. The van der Waals surface area contributed by atoms with Crippen LogP contribution in [0, 0.1) is 16.0 Å². The van der Waals surface area contributed by atoms with Crippen LogP contribution in [0.2, 0.25) is 0 Å². The quantitative estimate of drug-likeness (QED) is 0.413. The predicted molar refractivity (Wildman–Crippen MR) is 117 cm³/mol. The number of nitro groups is 1. The van der Waals surface area contributed by atoms with Crippen LogP contribution in [0.25, 0.3) is 0 Å². The number of aromatic nitrogens is 2. The Morgan fingerprint density at radius 3 is 2.34 bits per heavy atom. The summed E-state index contributed by atoms with van der Waals surface area (Å²) in [4.78, 5) is 32.4. The molecule has 164 valence electrons. The number of rotatable bonds is 7. The van der Waals surface area contributed by atoms with Crippen molar-refractivity contribution in [2.24, 2.45) is 5.92 Å².